The van der Waals surface area contributed by atoms with Crippen LogP contribution in [0.5, 0.6) is 5.75 Å². The lowest BCUT2D eigenvalue weighted by Crippen LogP contribution is -2.47. The van der Waals surface area contributed by atoms with E-state index in [-0.39, 0.29) is 41.7 Å². The van der Waals surface area contributed by atoms with E-state index in [1.54, 1.807) is 7.11 Å². The number of hydrogen-bond acceptors (Lipinski definition) is 4. The van der Waals surface area contributed by atoms with E-state index in [1.807, 2.05) is 30.3 Å². The number of halogens is 2. The van der Waals surface area contributed by atoms with E-state index < -0.39 is 0 Å². The number of ether oxygens (including phenoxy) is 1. The summed E-state index contributed by atoms with van der Waals surface area (Å²) < 4.78 is 5.49. The molecular weight excluding hydrogens is 479 g/mol. The third-order valence-corrected chi connectivity index (χ3v) is 5.71. The lowest BCUT2D eigenvalue weighted by Gasteiger charge is -2.36. The molecule has 0 aliphatic carbocycles. The van der Waals surface area contributed by atoms with Gasteiger partial charge in [-0.25, -0.2) is 0 Å². The van der Waals surface area contributed by atoms with Crippen LogP contribution < -0.4 is 15.0 Å². The van der Waals surface area contributed by atoms with Gasteiger partial charge in [0.1, 0.15) is 5.75 Å². The topological polar surface area (TPSA) is 124 Å². The van der Waals surface area contributed by atoms with Crippen molar-refractivity contribution >= 4 is 47.3 Å². The highest BCUT2D eigenvalue weighted by atomic mass is 35.5. The van der Waals surface area contributed by atoms with E-state index >= 15 is 0 Å². The molecule has 4 rings (SSSR count). The van der Waals surface area contributed by atoms with Crippen molar-refractivity contribution in [2.45, 2.75) is 12.8 Å². The molecule has 34 heavy (non-hydrogen) atoms. The molecule has 1 aromatic heterocycles. The second-order valence-corrected chi connectivity index (χ2v) is 7.76. The molecule has 0 unspecified atom stereocenters. The molecule has 0 spiro atoms. The van der Waals surface area contributed by atoms with Crippen molar-refractivity contribution in [1.82, 2.24) is 15.2 Å². The fourth-order valence-electron chi connectivity index (χ4n) is 4.10. The Morgan fingerprint density at radius 3 is 2.38 bits per heavy atom. The first-order valence-corrected chi connectivity index (χ1v) is 10.7. The Balaban J connectivity index is 0.00000272. The standard InChI is InChI=1S/C24H30N4O2.2ClH.2H2O/c1-30-23-10-5-4-9-22(23)28-15-13-27(14-16-28)12-6-11-25-24(29)18-20-17-19-7-2-3-8-21(19)26-20;;;;/h2-5,7-10,17,26H,6,11-16,18H2,1H3,(H,25,29);2*1H;2*1H2. The molecule has 0 atom stereocenters. The number of carbonyl (C=O) groups is 1. The molecular formula is C24H36Cl2N4O4. The van der Waals surface area contributed by atoms with Crippen molar-refractivity contribution in [3.8, 4) is 5.75 Å². The smallest absolute Gasteiger partial charge is 0.225 e. The summed E-state index contributed by atoms with van der Waals surface area (Å²) in [6, 6.07) is 18.3. The number of rotatable bonds is 8. The second kappa shape index (κ2) is 15.4. The molecule has 3 aromatic rings. The number of aromatic nitrogens is 1. The quantitative estimate of drug-likeness (QED) is 0.447. The maximum Gasteiger partial charge on any atom is 0.225 e. The van der Waals surface area contributed by atoms with Gasteiger partial charge in [-0.1, -0.05) is 30.3 Å². The summed E-state index contributed by atoms with van der Waals surface area (Å²) in [6.07, 6.45) is 1.36. The average molecular weight is 515 g/mol. The molecule has 190 valence electrons. The number of anilines is 1. The van der Waals surface area contributed by atoms with Crippen LogP contribution >= 0.6 is 24.8 Å². The minimum Gasteiger partial charge on any atom is -0.495 e. The molecule has 1 saturated heterocycles. The summed E-state index contributed by atoms with van der Waals surface area (Å²) in [6.45, 7) is 5.76. The maximum atomic E-state index is 12.2. The minimum absolute atomic E-state index is 0. The van der Waals surface area contributed by atoms with E-state index in [9.17, 15) is 4.79 Å². The fraction of sp³-hybridized carbons (Fsp3) is 0.375. The number of nitrogens with zero attached hydrogens (tertiary/aromatic N) is 2. The van der Waals surface area contributed by atoms with Crippen LogP contribution in [0, 0.1) is 0 Å². The van der Waals surface area contributed by atoms with E-state index in [1.165, 1.54) is 5.69 Å². The van der Waals surface area contributed by atoms with E-state index in [4.69, 9.17) is 4.74 Å². The number of aromatic amines is 1. The van der Waals surface area contributed by atoms with Gasteiger partial charge in [0, 0.05) is 43.9 Å². The van der Waals surface area contributed by atoms with Gasteiger partial charge in [-0.3, -0.25) is 9.69 Å². The SMILES string of the molecule is COc1ccccc1N1CCN(CCCNC(=O)Cc2cc3ccccc3[nH]2)CC1.Cl.Cl.O.O. The summed E-state index contributed by atoms with van der Waals surface area (Å²) in [5.74, 6) is 1.01. The number of carbonyl (C=O) groups excluding carboxylic acids is 1. The van der Waals surface area contributed by atoms with Crippen molar-refractivity contribution in [3.05, 3.63) is 60.3 Å². The van der Waals surface area contributed by atoms with Crippen molar-refractivity contribution in [3.63, 3.8) is 0 Å². The predicted molar refractivity (Wildman–Crippen MR) is 143 cm³/mol. The minimum atomic E-state index is 0. The molecule has 0 radical (unpaired) electrons. The van der Waals surface area contributed by atoms with Crippen molar-refractivity contribution in [1.29, 1.82) is 0 Å². The molecule has 1 amide bonds. The molecule has 8 nitrogen and oxygen atoms in total. The number of fused-ring (bicyclic) bond motifs is 1. The monoisotopic (exact) mass is 514 g/mol. The lowest BCUT2D eigenvalue weighted by atomic mass is 10.2. The average Bonchev–Trinajstić information content (AvgIpc) is 3.19. The Labute approximate surface area is 213 Å². The van der Waals surface area contributed by atoms with Crippen LogP contribution in [0.4, 0.5) is 5.69 Å². The maximum absolute atomic E-state index is 12.2. The Morgan fingerprint density at radius 1 is 1.00 bits per heavy atom. The molecule has 1 fully saturated rings. The number of hydrogen-bond donors (Lipinski definition) is 2. The molecule has 1 aliphatic rings. The van der Waals surface area contributed by atoms with Crippen LogP contribution in [0.2, 0.25) is 0 Å². The zero-order valence-electron chi connectivity index (χ0n) is 19.4. The number of para-hydroxylation sites is 3. The van der Waals surface area contributed by atoms with E-state index in [2.05, 4.69) is 44.4 Å². The summed E-state index contributed by atoms with van der Waals surface area (Å²) in [5, 5.41) is 4.20. The molecule has 2 heterocycles. The zero-order chi connectivity index (χ0) is 20.8. The first-order valence-electron chi connectivity index (χ1n) is 10.7. The Bertz CT molecular complexity index is 961. The van der Waals surface area contributed by atoms with Crippen molar-refractivity contribution in [2.24, 2.45) is 0 Å². The fourth-order valence-corrected chi connectivity index (χ4v) is 4.10. The highest BCUT2D eigenvalue weighted by molar-refractivity contribution is 5.86. The predicted octanol–water partition coefficient (Wildman–Crippen LogP) is 2.24. The normalized spacial score (nSPS) is 13.0. The molecule has 1 aliphatic heterocycles. The Kier molecular flexibility index (Phi) is 14.3. The third-order valence-electron chi connectivity index (χ3n) is 5.71. The van der Waals surface area contributed by atoms with Gasteiger partial charge in [-0.05, 0) is 42.6 Å². The van der Waals surface area contributed by atoms with Gasteiger partial charge < -0.3 is 30.9 Å². The first-order chi connectivity index (χ1) is 14.7. The van der Waals surface area contributed by atoms with Gasteiger partial charge in [0.2, 0.25) is 5.91 Å². The van der Waals surface area contributed by atoms with Crippen LogP contribution in [-0.2, 0) is 11.2 Å². The summed E-state index contributed by atoms with van der Waals surface area (Å²) >= 11 is 0. The third kappa shape index (κ3) is 8.07. The van der Waals surface area contributed by atoms with E-state index in [0.717, 1.165) is 61.5 Å². The molecule has 0 saturated carbocycles. The molecule has 10 heteroatoms. The highest BCUT2D eigenvalue weighted by Gasteiger charge is 2.19. The number of benzene rings is 2. The lowest BCUT2D eigenvalue weighted by molar-refractivity contribution is -0.120. The molecule has 0 bridgehead atoms. The Hall–Kier alpha value is -2.49. The highest BCUT2D eigenvalue weighted by Crippen LogP contribution is 2.28. The van der Waals surface area contributed by atoms with Gasteiger partial charge in [-0.2, -0.15) is 0 Å². The van der Waals surface area contributed by atoms with Crippen molar-refractivity contribution < 1.29 is 20.5 Å². The number of methoxy groups -OCH3 is 1. The van der Waals surface area contributed by atoms with Gasteiger partial charge in [-0.15, -0.1) is 24.8 Å². The Morgan fingerprint density at radius 2 is 1.68 bits per heavy atom. The summed E-state index contributed by atoms with van der Waals surface area (Å²) in [7, 11) is 1.72. The number of H-pyrrole nitrogens is 1. The van der Waals surface area contributed by atoms with Gasteiger partial charge >= 0.3 is 0 Å². The van der Waals surface area contributed by atoms with Crippen molar-refractivity contribution in [2.75, 3.05) is 51.3 Å². The van der Waals surface area contributed by atoms with Gasteiger partial charge in [0.05, 0.1) is 19.2 Å². The summed E-state index contributed by atoms with van der Waals surface area (Å²) in [5.41, 5.74) is 3.21. The number of amides is 1. The van der Waals surface area contributed by atoms with Gasteiger partial charge in [0.25, 0.3) is 0 Å². The van der Waals surface area contributed by atoms with E-state index in [0.29, 0.717) is 13.0 Å². The molecule has 6 N–H and O–H groups in total. The van der Waals surface area contributed by atoms with Gasteiger partial charge in [0.15, 0.2) is 0 Å². The summed E-state index contributed by atoms with van der Waals surface area (Å²) in [4.78, 5) is 20.4. The van der Waals surface area contributed by atoms with Crippen LogP contribution in [0.15, 0.2) is 54.6 Å². The van der Waals surface area contributed by atoms with Crippen LogP contribution in [0.1, 0.15) is 12.1 Å². The first kappa shape index (κ1) is 31.5. The largest absolute Gasteiger partial charge is 0.495 e. The van der Waals surface area contributed by atoms with Crippen LogP contribution in [0.25, 0.3) is 10.9 Å². The van der Waals surface area contributed by atoms with Crippen LogP contribution in [0.3, 0.4) is 0 Å². The van der Waals surface area contributed by atoms with Crippen LogP contribution in [-0.4, -0.2) is 73.1 Å². The zero-order valence-corrected chi connectivity index (χ0v) is 21.0. The molecule has 2 aromatic carbocycles. The second-order valence-electron chi connectivity index (χ2n) is 7.76. The number of piperazine rings is 1. The number of nitrogens with one attached hydrogen (secondary N) is 2.